The highest BCUT2D eigenvalue weighted by Gasteiger charge is 2.19. The molecule has 116 valence electrons. The van der Waals surface area contributed by atoms with E-state index in [1.54, 1.807) is 17.5 Å². The van der Waals surface area contributed by atoms with Crippen molar-refractivity contribution in [1.29, 1.82) is 0 Å². The van der Waals surface area contributed by atoms with Crippen molar-refractivity contribution >= 4 is 34.0 Å². The lowest BCUT2D eigenvalue weighted by atomic mass is 10.3. The molecule has 1 aliphatic heterocycles. The second-order valence-corrected chi connectivity index (χ2v) is 6.24. The number of nitrogens with zero attached hydrogens (tertiary/aromatic N) is 5. The van der Waals surface area contributed by atoms with E-state index in [0.29, 0.717) is 17.5 Å². The molecule has 0 bridgehead atoms. The average Bonchev–Trinajstić information content (AvgIpc) is 3.09. The number of piperazine rings is 1. The van der Waals surface area contributed by atoms with Crippen molar-refractivity contribution in [1.82, 2.24) is 14.9 Å². The molecule has 0 amide bonds. The lowest BCUT2D eigenvalue weighted by Gasteiger charge is -2.35. The first-order chi connectivity index (χ1) is 10.7. The van der Waals surface area contributed by atoms with Crippen LogP contribution in [0, 0.1) is 0 Å². The number of guanidine groups is 1. The Labute approximate surface area is 138 Å². The van der Waals surface area contributed by atoms with Crippen molar-refractivity contribution in [2.24, 2.45) is 10.7 Å². The maximum absolute atomic E-state index is 6.08. The van der Waals surface area contributed by atoms with Gasteiger partial charge >= 0.3 is 0 Å². The molecule has 0 saturated carbocycles. The summed E-state index contributed by atoms with van der Waals surface area (Å²) in [7, 11) is 0. The standard InChI is InChI=1S/C14H17ClN6S/c15-11-1-2-12(18-9-11)10-19-13(16)20-4-6-21(7-5-20)14-17-3-8-22-14/h1-3,8-9H,4-7,10H2,(H2,16,19). The molecular formula is C14H17ClN6S. The molecule has 3 heterocycles. The number of hydrogen-bond acceptors (Lipinski definition) is 5. The van der Waals surface area contributed by atoms with Crippen molar-refractivity contribution in [3.8, 4) is 0 Å². The van der Waals surface area contributed by atoms with Crippen molar-refractivity contribution in [2.75, 3.05) is 31.1 Å². The molecule has 2 aromatic heterocycles. The van der Waals surface area contributed by atoms with Gasteiger partial charge in [0.2, 0.25) is 0 Å². The Hall–Kier alpha value is -1.86. The van der Waals surface area contributed by atoms with Gasteiger partial charge in [-0.05, 0) is 12.1 Å². The zero-order valence-electron chi connectivity index (χ0n) is 12.0. The van der Waals surface area contributed by atoms with E-state index in [1.807, 2.05) is 23.7 Å². The molecule has 1 fully saturated rings. The summed E-state index contributed by atoms with van der Waals surface area (Å²) in [4.78, 5) is 17.3. The number of halogens is 1. The van der Waals surface area contributed by atoms with Gasteiger partial charge in [-0.25, -0.2) is 9.98 Å². The van der Waals surface area contributed by atoms with Crippen LogP contribution >= 0.6 is 22.9 Å². The van der Waals surface area contributed by atoms with Crippen LogP contribution < -0.4 is 10.6 Å². The van der Waals surface area contributed by atoms with Crippen molar-refractivity contribution < 1.29 is 0 Å². The molecule has 0 aromatic carbocycles. The fraction of sp³-hybridized carbons (Fsp3) is 0.357. The normalized spacial score (nSPS) is 16.1. The quantitative estimate of drug-likeness (QED) is 0.684. The number of aromatic nitrogens is 2. The van der Waals surface area contributed by atoms with Gasteiger partial charge in [-0.15, -0.1) is 11.3 Å². The molecule has 0 spiro atoms. The summed E-state index contributed by atoms with van der Waals surface area (Å²) in [6, 6.07) is 3.67. The Bertz CT molecular complexity index is 619. The molecule has 0 unspecified atom stereocenters. The molecule has 1 saturated heterocycles. The van der Waals surface area contributed by atoms with Crippen LogP contribution in [0.2, 0.25) is 5.02 Å². The third-order valence-corrected chi connectivity index (χ3v) is 4.54. The highest BCUT2D eigenvalue weighted by atomic mass is 35.5. The second kappa shape index (κ2) is 6.93. The van der Waals surface area contributed by atoms with Gasteiger partial charge in [0.15, 0.2) is 11.1 Å². The van der Waals surface area contributed by atoms with E-state index >= 15 is 0 Å². The van der Waals surface area contributed by atoms with Crippen LogP contribution in [-0.4, -0.2) is 47.0 Å². The number of nitrogens with two attached hydrogens (primary N) is 1. The fourth-order valence-electron chi connectivity index (χ4n) is 2.26. The monoisotopic (exact) mass is 336 g/mol. The molecule has 2 N–H and O–H groups in total. The summed E-state index contributed by atoms with van der Waals surface area (Å²) >= 11 is 7.48. The first-order valence-corrected chi connectivity index (χ1v) is 8.28. The van der Waals surface area contributed by atoms with E-state index in [4.69, 9.17) is 17.3 Å². The van der Waals surface area contributed by atoms with Gasteiger partial charge in [0, 0.05) is 44.0 Å². The Morgan fingerprint density at radius 3 is 2.73 bits per heavy atom. The van der Waals surface area contributed by atoms with Gasteiger partial charge in [-0.3, -0.25) is 4.98 Å². The van der Waals surface area contributed by atoms with Crippen LogP contribution in [0.5, 0.6) is 0 Å². The molecule has 6 nitrogen and oxygen atoms in total. The van der Waals surface area contributed by atoms with Crippen molar-refractivity contribution in [3.05, 3.63) is 40.6 Å². The molecule has 22 heavy (non-hydrogen) atoms. The van der Waals surface area contributed by atoms with Gasteiger partial charge < -0.3 is 15.5 Å². The maximum Gasteiger partial charge on any atom is 0.191 e. The van der Waals surface area contributed by atoms with Crippen molar-refractivity contribution in [2.45, 2.75) is 6.54 Å². The van der Waals surface area contributed by atoms with Crippen LogP contribution in [0.25, 0.3) is 0 Å². The summed E-state index contributed by atoms with van der Waals surface area (Å²) in [5.74, 6) is 0.565. The topological polar surface area (TPSA) is 70.6 Å². The molecule has 0 radical (unpaired) electrons. The number of rotatable bonds is 3. The molecule has 0 aliphatic carbocycles. The molecule has 8 heteroatoms. The van der Waals surface area contributed by atoms with E-state index in [0.717, 1.165) is 37.0 Å². The Kier molecular flexibility index (Phi) is 4.74. The summed E-state index contributed by atoms with van der Waals surface area (Å²) in [5.41, 5.74) is 6.94. The van der Waals surface area contributed by atoms with Gasteiger partial charge in [0.05, 0.1) is 17.3 Å². The molecule has 2 aromatic rings. The number of pyridine rings is 1. The predicted octanol–water partition coefficient (Wildman–Crippen LogP) is 1.83. The fourth-order valence-corrected chi connectivity index (χ4v) is 3.07. The van der Waals surface area contributed by atoms with Crippen LogP contribution in [0.15, 0.2) is 34.9 Å². The van der Waals surface area contributed by atoms with Gasteiger partial charge in [-0.2, -0.15) is 0 Å². The summed E-state index contributed by atoms with van der Waals surface area (Å²) < 4.78 is 0. The van der Waals surface area contributed by atoms with Crippen molar-refractivity contribution in [3.63, 3.8) is 0 Å². The Morgan fingerprint density at radius 2 is 2.09 bits per heavy atom. The molecular weight excluding hydrogens is 320 g/mol. The number of aliphatic imine (C=N–C) groups is 1. The van der Waals surface area contributed by atoms with Crippen LogP contribution in [-0.2, 0) is 6.54 Å². The lowest BCUT2D eigenvalue weighted by Crippen LogP contribution is -2.51. The van der Waals surface area contributed by atoms with Crippen LogP contribution in [0.4, 0.5) is 5.13 Å². The van der Waals surface area contributed by atoms with E-state index in [9.17, 15) is 0 Å². The third-order valence-electron chi connectivity index (χ3n) is 3.49. The van der Waals surface area contributed by atoms with E-state index in [2.05, 4.69) is 24.8 Å². The highest BCUT2D eigenvalue weighted by molar-refractivity contribution is 7.13. The van der Waals surface area contributed by atoms with E-state index in [-0.39, 0.29) is 0 Å². The minimum Gasteiger partial charge on any atom is -0.370 e. The number of anilines is 1. The Morgan fingerprint density at radius 1 is 1.27 bits per heavy atom. The highest BCUT2D eigenvalue weighted by Crippen LogP contribution is 2.18. The minimum absolute atomic E-state index is 0.468. The van der Waals surface area contributed by atoms with E-state index in [1.165, 1.54) is 0 Å². The minimum atomic E-state index is 0.468. The third kappa shape index (κ3) is 3.66. The second-order valence-electron chi connectivity index (χ2n) is 4.93. The zero-order chi connectivity index (χ0) is 15.4. The largest absolute Gasteiger partial charge is 0.370 e. The van der Waals surface area contributed by atoms with E-state index < -0.39 is 0 Å². The molecule has 3 rings (SSSR count). The summed E-state index contributed by atoms with van der Waals surface area (Å²) in [5, 5.41) is 3.69. The summed E-state index contributed by atoms with van der Waals surface area (Å²) in [6.45, 7) is 3.98. The Balaban J connectivity index is 1.54. The zero-order valence-corrected chi connectivity index (χ0v) is 13.6. The summed E-state index contributed by atoms with van der Waals surface area (Å²) in [6.07, 6.45) is 3.46. The molecule has 1 aliphatic rings. The average molecular weight is 337 g/mol. The van der Waals surface area contributed by atoms with Gasteiger partial charge in [0.1, 0.15) is 0 Å². The molecule has 0 atom stereocenters. The van der Waals surface area contributed by atoms with Gasteiger partial charge in [0.25, 0.3) is 0 Å². The first-order valence-electron chi connectivity index (χ1n) is 7.02. The number of thiazole rings is 1. The SMILES string of the molecule is NC(=NCc1ccc(Cl)cn1)N1CCN(c2nccs2)CC1. The number of hydrogen-bond donors (Lipinski definition) is 1. The maximum atomic E-state index is 6.08. The predicted molar refractivity (Wildman–Crippen MR) is 90.5 cm³/mol. The van der Waals surface area contributed by atoms with Crippen LogP contribution in [0.1, 0.15) is 5.69 Å². The lowest BCUT2D eigenvalue weighted by molar-refractivity contribution is 0.380. The van der Waals surface area contributed by atoms with Gasteiger partial charge in [-0.1, -0.05) is 11.6 Å². The van der Waals surface area contributed by atoms with Crippen LogP contribution in [0.3, 0.4) is 0 Å². The smallest absolute Gasteiger partial charge is 0.191 e. The first kappa shape index (κ1) is 15.1.